The highest BCUT2D eigenvalue weighted by molar-refractivity contribution is 5.94. The molecule has 0 aliphatic rings. The van der Waals surface area contributed by atoms with E-state index in [4.69, 9.17) is 0 Å². The largest absolute Gasteiger partial charge is 0.337 e. The second kappa shape index (κ2) is 7.29. The molecule has 27 heavy (non-hydrogen) atoms. The van der Waals surface area contributed by atoms with Crippen molar-refractivity contribution < 1.29 is 4.79 Å². The fourth-order valence-corrected chi connectivity index (χ4v) is 2.92. The van der Waals surface area contributed by atoms with Crippen molar-refractivity contribution in [2.45, 2.75) is 6.54 Å². The van der Waals surface area contributed by atoms with Crippen LogP contribution in [0.1, 0.15) is 15.9 Å². The topological polar surface area (TPSA) is 56.0 Å². The number of hydrogen-bond acceptors (Lipinski definition) is 3. The van der Waals surface area contributed by atoms with Crippen LogP contribution in [0.2, 0.25) is 0 Å². The van der Waals surface area contributed by atoms with E-state index in [1.165, 1.54) is 0 Å². The van der Waals surface area contributed by atoms with Gasteiger partial charge in [-0.2, -0.15) is 5.10 Å². The summed E-state index contributed by atoms with van der Waals surface area (Å²) in [6, 6.07) is 17.4. The molecule has 6 nitrogen and oxygen atoms in total. The standard InChI is InChI=1S/C21H19N5O/c1-24(14-17-13-23-26(15-17)20-5-3-2-4-6-20)21(27)18-7-9-19(10-8-18)25-12-11-22-16-25/h2-13,15-16H,14H2,1H3. The Bertz CT molecular complexity index is 1020. The normalized spacial score (nSPS) is 10.7. The van der Waals surface area contributed by atoms with Crippen LogP contribution in [0.4, 0.5) is 0 Å². The van der Waals surface area contributed by atoms with Gasteiger partial charge in [0.1, 0.15) is 0 Å². The first-order valence-corrected chi connectivity index (χ1v) is 8.63. The van der Waals surface area contributed by atoms with Crippen LogP contribution in [0.3, 0.4) is 0 Å². The van der Waals surface area contributed by atoms with Crippen LogP contribution in [-0.2, 0) is 6.54 Å². The van der Waals surface area contributed by atoms with Crippen molar-refractivity contribution in [2.24, 2.45) is 0 Å². The maximum atomic E-state index is 12.7. The third-order valence-electron chi connectivity index (χ3n) is 4.34. The van der Waals surface area contributed by atoms with Gasteiger partial charge in [0.15, 0.2) is 0 Å². The number of carbonyl (C=O) groups excluding carboxylic acids is 1. The predicted octanol–water partition coefficient (Wildman–Crippen LogP) is 3.33. The molecular formula is C21H19N5O. The lowest BCUT2D eigenvalue weighted by Gasteiger charge is -2.16. The number of hydrogen-bond donors (Lipinski definition) is 0. The number of aromatic nitrogens is 4. The molecule has 4 aromatic rings. The zero-order chi connectivity index (χ0) is 18.6. The number of nitrogens with zero attached hydrogens (tertiary/aromatic N) is 5. The SMILES string of the molecule is CN(Cc1cnn(-c2ccccc2)c1)C(=O)c1ccc(-n2ccnc2)cc1. The minimum absolute atomic E-state index is 0.0281. The van der Waals surface area contributed by atoms with Gasteiger partial charge in [-0.15, -0.1) is 0 Å². The van der Waals surface area contributed by atoms with Crippen molar-refractivity contribution in [3.63, 3.8) is 0 Å². The van der Waals surface area contributed by atoms with E-state index in [0.29, 0.717) is 12.1 Å². The lowest BCUT2D eigenvalue weighted by molar-refractivity contribution is 0.0785. The van der Waals surface area contributed by atoms with Gasteiger partial charge in [-0.3, -0.25) is 4.79 Å². The smallest absolute Gasteiger partial charge is 0.253 e. The predicted molar refractivity (Wildman–Crippen MR) is 103 cm³/mol. The number of rotatable bonds is 5. The summed E-state index contributed by atoms with van der Waals surface area (Å²) in [5, 5.41) is 4.38. The van der Waals surface area contributed by atoms with Crippen LogP contribution in [0, 0.1) is 0 Å². The Kier molecular flexibility index (Phi) is 4.53. The van der Waals surface area contributed by atoms with Gasteiger partial charge in [0.25, 0.3) is 5.91 Å². The minimum Gasteiger partial charge on any atom is -0.337 e. The summed E-state index contributed by atoms with van der Waals surface area (Å²) < 4.78 is 3.71. The van der Waals surface area contributed by atoms with Gasteiger partial charge in [0, 0.05) is 49.0 Å². The molecule has 134 valence electrons. The van der Waals surface area contributed by atoms with Gasteiger partial charge in [0.05, 0.1) is 18.2 Å². The van der Waals surface area contributed by atoms with E-state index in [9.17, 15) is 4.79 Å². The van der Waals surface area contributed by atoms with Gasteiger partial charge in [0.2, 0.25) is 0 Å². The Balaban J connectivity index is 1.44. The van der Waals surface area contributed by atoms with Crippen molar-refractivity contribution in [2.75, 3.05) is 7.05 Å². The molecule has 0 aliphatic heterocycles. The molecule has 2 aromatic carbocycles. The highest BCUT2D eigenvalue weighted by Gasteiger charge is 2.13. The molecule has 0 bridgehead atoms. The van der Waals surface area contributed by atoms with Crippen molar-refractivity contribution in [3.05, 3.63) is 96.8 Å². The summed E-state index contributed by atoms with van der Waals surface area (Å²) in [5.41, 5.74) is 3.59. The van der Waals surface area contributed by atoms with E-state index in [1.54, 1.807) is 30.7 Å². The van der Waals surface area contributed by atoms with Crippen LogP contribution in [0.25, 0.3) is 11.4 Å². The fourth-order valence-electron chi connectivity index (χ4n) is 2.92. The molecule has 0 aliphatic carbocycles. The number of benzene rings is 2. The Morgan fingerprint density at radius 1 is 1.04 bits per heavy atom. The fraction of sp³-hybridized carbons (Fsp3) is 0.0952. The second-order valence-electron chi connectivity index (χ2n) is 6.31. The van der Waals surface area contributed by atoms with Crippen LogP contribution < -0.4 is 0 Å². The summed E-state index contributed by atoms with van der Waals surface area (Å²) >= 11 is 0. The average Bonchev–Trinajstić information content (AvgIpc) is 3.40. The molecule has 6 heteroatoms. The quantitative estimate of drug-likeness (QED) is 0.550. The molecule has 0 saturated carbocycles. The van der Waals surface area contributed by atoms with Crippen LogP contribution in [-0.4, -0.2) is 37.2 Å². The van der Waals surface area contributed by atoms with Crippen LogP contribution in [0.5, 0.6) is 0 Å². The minimum atomic E-state index is -0.0281. The first-order chi connectivity index (χ1) is 13.2. The molecule has 2 aromatic heterocycles. The summed E-state index contributed by atoms with van der Waals surface area (Å²) in [4.78, 5) is 18.4. The lowest BCUT2D eigenvalue weighted by atomic mass is 10.1. The van der Waals surface area contributed by atoms with Gasteiger partial charge in [-0.25, -0.2) is 9.67 Å². The molecular weight excluding hydrogens is 338 g/mol. The van der Waals surface area contributed by atoms with E-state index < -0.39 is 0 Å². The third-order valence-corrected chi connectivity index (χ3v) is 4.34. The van der Waals surface area contributed by atoms with Crippen LogP contribution >= 0.6 is 0 Å². The van der Waals surface area contributed by atoms with Crippen molar-refractivity contribution >= 4 is 5.91 Å². The molecule has 0 saturated heterocycles. The van der Waals surface area contributed by atoms with E-state index in [1.807, 2.05) is 76.2 Å². The maximum Gasteiger partial charge on any atom is 0.253 e. The second-order valence-corrected chi connectivity index (χ2v) is 6.31. The Labute approximate surface area is 157 Å². The number of para-hydroxylation sites is 1. The van der Waals surface area contributed by atoms with Crippen molar-refractivity contribution in [1.29, 1.82) is 0 Å². The summed E-state index contributed by atoms with van der Waals surface area (Å²) in [5.74, 6) is -0.0281. The molecule has 0 N–H and O–H groups in total. The van der Waals surface area contributed by atoms with Gasteiger partial charge in [-0.05, 0) is 36.4 Å². The van der Waals surface area contributed by atoms with Crippen LogP contribution in [0.15, 0.2) is 85.7 Å². The van der Waals surface area contributed by atoms with Gasteiger partial charge in [-0.1, -0.05) is 18.2 Å². The third kappa shape index (κ3) is 3.64. The first kappa shape index (κ1) is 16.8. The summed E-state index contributed by atoms with van der Waals surface area (Å²) in [7, 11) is 1.80. The highest BCUT2D eigenvalue weighted by Crippen LogP contribution is 2.13. The summed E-state index contributed by atoms with van der Waals surface area (Å²) in [6.07, 6.45) is 9.06. The average molecular weight is 357 g/mol. The molecule has 2 heterocycles. The van der Waals surface area contributed by atoms with Gasteiger partial charge >= 0.3 is 0 Å². The van der Waals surface area contributed by atoms with E-state index in [0.717, 1.165) is 16.9 Å². The first-order valence-electron chi connectivity index (χ1n) is 8.63. The van der Waals surface area contributed by atoms with E-state index >= 15 is 0 Å². The Morgan fingerprint density at radius 3 is 2.52 bits per heavy atom. The summed E-state index contributed by atoms with van der Waals surface area (Å²) in [6.45, 7) is 0.495. The van der Waals surface area contributed by atoms with E-state index in [-0.39, 0.29) is 5.91 Å². The molecule has 0 fully saturated rings. The molecule has 1 amide bonds. The van der Waals surface area contributed by atoms with E-state index in [2.05, 4.69) is 10.1 Å². The van der Waals surface area contributed by atoms with Gasteiger partial charge < -0.3 is 9.47 Å². The lowest BCUT2D eigenvalue weighted by Crippen LogP contribution is -2.26. The Morgan fingerprint density at radius 2 is 1.81 bits per heavy atom. The maximum absolute atomic E-state index is 12.7. The Hall–Kier alpha value is -3.67. The highest BCUT2D eigenvalue weighted by atomic mass is 16.2. The molecule has 0 radical (unpaired) electrons. The monoisotopic (exact) mass is 357 g/mol. The van der Waals surface area contributed by atoms with Crippen molar-refractivity contribution in [1.82, 2.24) is 24.2 Å². The molecule has 4 rings (SSSR count). The number of amides is 1. The molecule has 0 spiro atoms. The number of imidazole rings is 1. The number of carbonyl (C=O) groups is 1. The molecule has 0 atom stereocenters. The molecule has 0 unspecified atom stereocenters. The zero-order valence-electron chi connectivity index (χ0n) is 14.9. The zero-order valence-corrected chi connectivity index (χ0v) is 14.9. The van der Waals surface area contributed by atoms with Crippen molar-refractivity contribution in [3.8, 4) is 11.4 Å².